The fourth-order valence-corrected chi connectivity index (χ4v) is 2.89. The van der Waals surface area contributed by atoms with Gasteiger partial charge < -0.3 is 15.7 Å². The van der Waals surface area contributed by atoms with E-state index in [-0.39, 0.29) is 12.2 Å². The molecule has 142 valence electrons. The predicted molar refractivity (Wildman–Crippen MR) is 105 cm³/mol. The summed E-state index contributed by atoms with van der Waals surface area (Å²) in [5.41, 5.74) is 1.48. The van der Waals surface area contributed by atoms with Crippen LogP contribution in [0.5, 0.6) is 0 Å². The van der Waals surface area contributed by atoms with Gasteiger partial charge in [0, 0.05) is 41.8 Å². The van der Waals surface area contributed by atoms with Gasteiger partial charge in [-0.25, -0.2) is 4.68 Å². The van der Waals surface area contributed by atoms with Crippen LogP contribution in [0.15, 0.2) is 41.2 Å². The van der Waals surface area contributed by atoms with Gasteiger partial charge >= 0.3 is 0 Å². The third-order valence-electron chi connectivity index (χ3n) is 4.26. The van der Waals surface area contributed by atoms with E-state index in [9.17, 15) is 14.7 Å². The molecule has 1 aromatic heterocycles. The molecular formula is C19H21ClN4O3. The number of benzene rings is 1. The van der Waals surface area contributed by atoms with E-state index >= 15 is 0 Å². The number of halogens is 1. The predicted octanol–water partition coefficient (Wildman–Crippen LogP) is 1.51. The number of amides is 1. The Balaban J connectivity index is 2.12. The monoisotopic (exact) mass is 388 g/mol. The number of rotatable bonds is 5. The van der Waals surface area contributed by atoms with Gasteiger partial charge in [-0.1, -0.05) is 23.7 Å². The van der Waals surface area contributed by atoms with Crippen LogP contribution in [0.1, 0.15) is 23.7 Å². The first-order chi connectivity index (χ1) is 13.0. The van der Waals surface area contributed by atoms with Gasteiger partial charge in [0.2, 0.25) is 0 Å². The average molecular weight is 389 g/mol. The van der Waals surface area contributed by atoms with E-state index in [4.69, 9.17) is 11.6 Å². The SMILES string of the molecule is CC(CO)NC(=O)c1cc(-c2ccc(Cl)cc2)nn(C2=CCNCC2)c1=O. The lowest BCUT2D eigenvalue weighted by molar-refractivity contribution is 0.0920. The molecule has 0 aliphatic carbocycles. The second-order valence-electron chi connectivity index (χ2n) is 6.37. The molecule has 0 spiro atoms. The maximum atomic E-state index is 12.9. The molecule has 1 unspecified atom stereocenters. The number of aliphatic hydroxyl groups is 1. The summed E-state index contributed by atoms with van der Waals surface area (Å²) < 4.78 is 1.29. The number of nitrogens with zero attached hydrogens (tertiary/aromatic N) is 2. The van der Waals surface area contributed by atoms with Gasteiger partial charge in [-0.05, 0) is 31.2 Å². The minimum absolute atomic E-state index is 0.0188. The minimum atomic E-state index is -0.539. The van der Waals surface area contributed by atoms with Gasteiger partial charge in [-0.15, -0.1) is 0 Å². The third kappa shape index (κ3) is 4.44. The Morgan fingerprint density at radius 3 is 2.78 bits per heavy atom. The lowest BCUT2D eigenvalue weighted by atomic mass is 10.1. The van der Waals surface area contributed by atoms with Gasteiger partial charge in [0.25, 0.3) is 11.5 Å². The van der Waals surface area contributed by atoms with Gasteiger partial charge in [0.1, 0.15) is 5.56 Å². The minimum Gasteiger partial charge on any atom is -0.394 e. The lowest BCUT2D eigenvalue weighted by Gasteiger charge is -2.17. The van der Waals surface area contributed by atoms with Crippen molar-refractivity contribution in [2.75, 3.05) is 19.7 Å². The highest BCUT2D eigenvalue weighted by Crippen LogP contribution is 2.21. The summed E-state index contributed by atoms with van der Waals surface area (Å²) in [5.74, 6) is -0.539. The molecule has 2 aromatic rings. The van der Waals surface area contributed by atoms with Crippen molar-refractivity contribution in [2.45, 2.75) is 19.4 Å². The molecule has 7 nitrogen and oxygen atoms in total. The van der Waals surface area contributed by atoms with E-state index in [2.05, 4.69) is 15.7 Å². The van der Waals surface area contributed by atoms with Crippen LogP contribution in [0.25, 0.3) is 17.0 Å². The molecule has 1 amide bonds. The van der Waals surface area contributed by atoms with Gasteiger partial charge in [-0.2, -0.15) is 5.10 Å². The number of nitrogens with one attached hydrogen (secondary N) is 2. The molecule has 0 bridgehead atoms. The molecule has 8 heteroatoms. The highest BCUT2D eigenvalue weighted by atomic mass is 35.5. The molecule has 0 fully saturated rings. The zero-order chi connectivity index (χ0) is 19.4. The first-order valence-corrected chi connectivity index (χ1v) is 9.09. The molecule has 3 N–H and O–H groups in total. The Kier molecular flexibility index (Phi) is 6.05. The van der Waals surface area contributed by atoms with Crippen molar-refractivity contribution in [3.63, 3.8) is 0 Å². The molecule has 2 heterocycles. The molecule has 3 rings (SSSR count). The van der Waals surface area contributed by atoms with Crippen LogP contribution in [0.3, 0.4) is 0 Å². The number of aromatic nitrogens is 2. The van der Waals surface area contributed by atoms with Crippen molar-refractivity contribution in [1.29, 1.82) is 0 Å². The van der Waals surface area contributed by atoms with E-state index in [1.807, 2.05) is 6.08 Å². The molecule has 1 aromatic carbocycles. The highest BCUT2D eigenvalue weighted by Gasteiger charge is 2.20. The van der Waals surface area contributed by atoms with Crippen LogP contribution in [0.2, 0.25) is 5.02 Å². The van der Waals surface area contributed by atoms with E-state index in [0.29, 0.717) is 23.7 Å². The van der Waals surface area contributed by atoms with E-state index in [1.165, 1.54) is 10.7 Å². The summed E-state index contributed by atoms with van der Waals surface area (Å²) in [7, 11) is 0. The standard InChI is InChI=1S/C19H21ClN4O3/c1-12(11-25)22-18(26)16-10-17(13-2-4-14(20)5-3-13)23-24(19(16)27)15-6-8-21-9-7-15/h2-6,10,12,21,25H,7-9,11H2,1H3,(H,22,26). The van der Waals surface area contributed by atoms with Crippen molar-refractivity contribution in [3.8, 4) is 11.3 Å². The number of carbonyl (C=O) groups is 1. The van der Waals surface area contributed by atoms with Gasteiger partial charge in [0.15, 0.2) is 0 Å². The zero-order valence-electron chi connectivity index (χ0n) is 14.9. The summed E-state index contributed by atoms with van der Waals surface area (Å²) in [6, 6.07) is 8.04. The number of carbonyl (C=O) groups excluding carboxylic acids is 1. The van der Waals surface area contributed by atoms with Gasteiger partial charge in [-0.3, -0.25) is 9.59 Å². The summed E-state index contributed by atoms with van der Waals surface area (Å²) in [5, 5.41) is 20.0. The van der Waals surface area contributed by atoms with Crippen molar-refractivity contribution in [2.24, 2.45) is 0 Å². The van der Waals surface area contributed by atoms with Crippen LogP contribution >= 0.6 is 11.6 Å². The molecule has 0 saturated carbocycles. The van der Waals surface area contributed by atoms with Crippen molar-refractivity contribution < 1.29 is 9.90 Å². The first-order valence-electron chi connectivity index (χ1n) is 8.71. The molecule has 1 aliphatic heterocycles. The van der Waals surface area contributed by atoms with Crippen LogP contribution in [-0.4, -0.2) is 46.5 Å². The summed E-state index contributed by atoms with van der Waals surface area (Å²) in [4.78, 5) is 25.5. The molecule has 0 radical (unpaired) electrons. The summed E-state index contributed by atoms with van der Waals surface area (Å²) in [6.07, 6.45) is 2.52. The van der Waals surface area contributed by atoms with Crippen LogP contribution in [0.4, 0.5) is 0 Å². The van der Waals surface area contributed by atoms with Crippen LogP contribution in [0, 0.1) is 0 Å². The van der Waals surface area contributed by atoms with Crippen molar-refractivity contribution >= 4 is 23.2 Å². The van der Waals surface area contributed by atoms with Crippen LogP contribution in [-0.2, 0) is 0 Å². The van der Waals surface area contributed by atoms with Gasteiger partial charge in [0.05, 0.1) is 12.3 Å². The Hall–Kier alpha value is -2.48. The largest absolute Gasteiger partial charge is 0.394 e. The normalized spacial score (nSPS) is 15.1. The third-order valence-corrected chi connectivity index (χ3v) is 4.51. The summed E-state index contributed by atoms with van der Waals surface area (Å²) in [6.45, 7) is 2.81. The van der Waals surface area contributed by atoms with E-state index in [0.717, 1.165) is 17.8 Å². The Morgan fingerprint density at radius 2 is 2.15 bits per heavy atom. The molecule has 0 saturated heterocycles. The fraction of sp³-hybridized carbons (Fsp3) is 0.316. The molecule has 1 atom stereocenters. The average Bonchev–Trinajstić information content (AvgIpc) is 2.69. The van der Waals surface area contributed by atoms with E-state index in [1.54, 1.807) is 31.2 Å². The molecule has 1 aliphatic rings. The quantitative estimate of drug-likeness (QED) is 0.721. The Labute approximate surface area is 161 Å². The van der Waals surface area contributed by atoms with Crippen molar-refractivity contribution in [1.82, 2.24) is 20.4 Å². The maximum absolute atomic E-state index is 12.9. The highest BCUT2D eigenvalue weighted by molar-refractivity contribution is 6.30. The molecule has 27 heavy (non-hydrogen) atoms. The Morgan fingerprint density at radius 1 is 1.41 bits per heavy atom. The Bertz CT molecular complexity index is 922. The zero-order valence-corrected chi connectivity index (χ0v) is 15.7. The van der Waals surface area contributed by atoms with E-state index < -0.39 is 17.5 Å². The second kappa shape index (κ2) is 8.47. The number of hydrogen-bond acceptors (Lipinski definition) is 5. The van der Waals surface area contributed by atoms with Crippen molar-refractivity contribution in [3.05, 3.63) is 57.3 Å². The summed E-state index contributed by atoms with van der Waals surface area (Å²) >= 11 is 5.95. The number of aliphatic hydroxyl groups excluding tert-OH is 1. The maximum Gasteiger partial charge on any atom is 0.284 e. The lowest BCUT2D eigenvalue weighted by Crippen LogP contribution is -2.40. The van der Waals surface area contributed by atoms with Crippen LogP contribution < -0.4 is 16.2 Å². The molecular weight excluding hydrogens is 368 g/mol. The first kappa shape index (κ1) is 19.3. The second-order valence-corrected chi connectivity index (χ2v) is 6.81. The number of hydrogen-bond donors (Lipinski definition) is 3. The fourth-order valence-electron chi connectivity index (χ4n) is 2.76. The smallest absolute Gasteiger partial charge is 0.284 e. The topological polar surface area (TPSA) is 96.2 Å².